The molecule has 30 heavy (non-hydrogen) atoms. The van der Waals surface area contributed by atoms with E-state index in [0.717, 1.165) is 36.4 Å². The number of anilines is 1. The Kier molecular flexibility index (Phi) is 5.78. The minimum atomic E-state index is -0.608. The molecule has 0 saturated carbocycles. The molecule has 4 heterocycles. The maximum absolute atomic E-state index is 13.4. The third-order valence-corrected chi connectivity index (χ3v) is 6.52. The van der Waals surface area contributed by atoms with Gasteiger partial charge in [0.05, 0.1) is 6.04 Å². The summed E-state index contributed by atoms with van der Waals surface area (Å²) in [5.74, 6) is 4.72. The summed E-state index contributed by atoms with van der Waals surface area (Å²) in [5.41, 5.74) is 3.32. The fraction of sp³-hybridized carbons (Fsp3) is 0.450. The van der Waals surface area contributed by atoms with E-state index in [0.29, 0.717) is 30.9 Å². The number of rotatable bonds is 4. The van der Waals surface area contributed by atoms with Gasteiger partial charge in [0.15, 0.2) is 0 Å². The number of thiazole rings is 1. The molecule has 2 saturated heterocycles. The number of amides is 3. The summed E-state index contributed by atoms with van der Waals surface area (Å²) >= 11 is 1.55. The highest BCUT2D eigenvalue weighted by molar-refractivity contribution is 7.09. The third kappa shape index (κ3) is 3.92. The largest absolute Gasteiger partial charge is 0.329 e. The van der Waals surface area contributed by atoms with E-state index in [1.165, 1.54) is 6.07 Å². The van der Waals surface area contributed by atoms with E-state index in [1.807, 2.05) is 12.3 Å². The maximum Gasteiger partial charge on any atom is 0.283 e. The van der Waals surface area contributed by atoms with Crippen molar-refractivity contribution < 1.29 is 14.4 Å². The van der Waals surface area contributed by atoms with Gasteiger partial charge in [-0.1, -0.05) is 0 Å². The Morgan fingerprint density at radius 1 is 1.20 bits per heavy atom. The van der Waals surface area contributed by atoms with Gasteiger partial charge in [-0.15, -0.1) is 11.3 Å². The van der Waals surface area contributed by atoms with Crippen LogP contribution in [0.3, 0.4) is 0 Å². The van der Waals surface area contributed by atoms with Crippen molar-refractivity contribution in [2.75, 3.05) is 18.0 Å². The molecule has 0 aromatic carbocycles. The Morgan fingerprint density at radius 3 is 2.73 bits per heavy atom. The van der Waals surface area contributed by atoms with Crippen LogP contribution in [0.15, 0.2) is 17.5 Å². The maximum atomic E-state index is 13.4. The second-order valence-corrected chi connectivity index (χ2v) is 8.45. The molecule has 0 radical (unpaired) electrons. The Hall–Kier alpha value is -2.85. The molecule has 2 aliphatic rings. The summed E-state index contributed by atoms with van der Waals surface area (Å²) in [6.45, 7) is 3.06. The molecule has 2 aromatic heterocycles. The van der Waals surface area contributed by atoms with Crippen molar-refractivity contribution in [1.29, 1.82) is 0 Å². The lowest BCUT2D eigenvalue weighted by atomic mass is 10.1. The summed E-state index contributed by atoms with van der Waals surface area (Å²) in [7, 11) is 0. The number of aromatic nitrogens is 2. The van der Waals surface area contributed by atoms with Gasteiger partial charge >= 0.3 is 0 Å². The number of aryl methyl sites for hydroxylation is 1. The van der Waals surface area contributed by atoms with Gasteiger partial charge in [0.2, 0.25) is 5.91 Å². The molecule has 1 unspecified atom stereocenters. The van der Waals surface area contributed by atoms with Crippen molar-refractivity contribution in [3.05, 3.63) is 39.5 Å². The topological polar surface area (TPSA) is 122 Å². The van der Waals surface area contributed by atoms with Gasteiger partial charge in [-0.2, -0.15) is 0 Å². The highest BCUT2D eigenvalue weighted by Gasteiger charge is 2.33. The van der Waals surface area contributed by atoms with Gasteiger partial charge in [0.25, 0.3) is 11.8 Å². The second kappa shape index (κ2) is 8.49. The molecule has 0 aliphatic carbocycles. The van der Waals surface area contributed by atoms with Crippen molar-refractivity contribution in [2.24, 2.45) is 5.84 Å². The van der Waals surface area contributed by atoms with Crippen LogP contribution in [-0.4, -0.2) is 45.7 Å². The number of nitrogens with zero attached hydrogens (tertiary/aromatic N) is 4. The first-order valence-electron chi connectivity index (χ1n) is 10.0. The van der Waals surface area contributed by atoms with Crippen molar-refractivity contribution in [2.45, 2.75) is 45.1 Å². The van der Waals surface area contributed by atoms with Crippen molar-refractivity contribution in [3.63, 3.8) is 0 Å². The number of nitrogens with one attached hydrogen (secondary N) is 1. The summed E-state index contributed by atoms with van der Waals surface area (Å²) in [5, 5.41) is 2.89. The molecule has 3 amide bonds. The van der Waals surface area contributed by atoms with Crippen LogP contribution in [0, 0.1) is 6.92 Å². The Morgan fingerprint density at radius 2 is 2.03 bits per heavy atom. The molecule has 2 aliphatic heterocycles. The number of hydrogen-bond acceptors (Lipinski definition) is 7. The van der Waals surface area contributed by atoms with Crippen LogP contribution in [-0.2, 0) is 4.79 Å². The van der Waals surface area contributed by atoms with E-state index in [9.17, 15) is 14.4 Å². The summed E-state index contributed by atoms with van der Waals surface area (Å²) in [4.78, 5) is 50.2. The molecule has 0 spiro atoms. The monoisotopic (exact) mass is 428 g/mol. The minimum absolute atomic E-state index is 0.0116. The smallest absolute Gasteiger partial charge is 0.283 e. The van der Waals surface area contributed by atoms with Gasteiger partial charge < -0.3 is 4.90 Å². The van der Waals surface area contributed by atoms with Gasteiger partial charge in [0, 0.05) is 36.1 Å². The first kappa shape index (κ1) is 20.4. The molecule has 4 rings (SSSR count). The van der Waals surface area contributed by atoms with Crippen molar-refractivity contribution in [1.82, 2.24) is 20.3 Å². The second-order valence-electron chi connectivity index (χ2n) is 7.56. The zero-order valence-corrected chi connectivity index (χ0v) is 17.6. The number of nitrogen functional groups attached to an aromatic ring is 1. The van der Waals surface area contributed by atoms with Crippen molar-refractivity contribution in [3.8, 4) is 0 Å². The number of hydrazine groups is 1. The Bertz CT molecular complexity index is 991. The molecular formula is C20H24N6O3S. The normalized spacial score (nSPS) is 19.3. The molecule has 9 nitrogen and oxygen atoms in total. The fourth-order valence-corrected chi connectivity index (χ4v) is 4.92. The van der Waals surface area contributed by atoms with Gasteiger partial charge in [0.1, 0.15) is 16.5 Å². The molecule has 1 atom stereocenters. The fourth-order valence-electron chi connectivity index (χ4n) is 3.97. The Labute approximate surface area is 178 Å². The van der Waals surface area contributed by atoms with Crippen LogP contribution in [0.1, 0.15) is 69.7 Å². The van der Waals surface area contributed by atoms with Crippen LogP contribution in [0.5, 0.6) is 0 Å². The molecule has 10 heteroatoms. The number of piperidine rings is 1. The predicted octanol–water partition coefficient (Wildman–Crippen LogP) is 1.94. The average molecular weight is 429 g/mol. The number of carbonyl (C=O) groups excluding carboxylic acids is 3. The van der Waals surface area contributed by atoms with E-state index < -0.39 is 5.91 Å². The Balaban J connectivity index is 1.69. The first-order valence-corrected chi connectivity index (χ1v) is 10.9. The third-order valence-electron chi connectivity index (χ3n) is 5.46. The van der Waals surface area contributed by atoms with Gasteiger partial charge in [-0.25, -0.2) is 15.8 Å². The molecule has 2 aromatic rings. The lowest BCUT2D eigenvalue weighted by Gasteiger charge is -2.27. The quantitative estimate of drug-likeness (QED) is 0.436. The van der Waals surface area contributed by atoms with E-state index in [1.54, 1.807) is 27.2 Å². The number of likely N-dealkylation sites (tertiary alicyclic amines) is 1. The summed E-state index contributed by atoms with van der Waals surface area (Å²) in [6, 6.07) is 2.95. The standard InChI is InChI=1S/C20H24N6O3S/c1-12-11-30-19(22-12)15-5-4-8-25(15)20(29)13-9-14(18(28)24-21)23-16(10-13)26-7-3-2-6-17(26)27/h9-11,15H,2-8,21H2,1H3,(H,24,28). The molecular weight excluding hydrogens is 404 g/mol. The van der Waals surface area contributed by atoms with E-state index in [2.05, 4.69) is 15.4 Å². The van der Waals surface area contributed by atoms with Crippen LogP contribution >= 0.6 is 11.3 Å². The highest BCUT2D eigenvalue weighted by Crippen LogP contribution is 2.35. The average Bonchev–Trinajstić information content (AvgIpc) is 3.41. The zero-order valence-electron chi connectivity index (χ0n) is 16.8. The van der Waals surface area contributed by atoms with Crippen LogP contribution in [0.25, 0.3) is 0 Å². The molecule has 0 bridgehead atoms. The first-order chi connectivity index (χ1) is 14.5. The number of hydrogen-bond donors (Lipinski definition) is 2. The summed E-state index contributed by atoms with van der Waals surface area (Å²) in [6.07, 6.45) is 3.83. The molecule has 3 N–H and O–H groups in total. The van der Waals surface area contributed by atoms with E-state index in [4.69, 9.17) is 5.84 Å². The van der Waals surface area contributed by atoms with Crippen LogP contribution in [0.2, 0.25) is 0 Å². The van der Waals surface area contributed by atoms with E-state index >= 15 is 0 Å². The van der Waals surface area contributed by atoms with Gasteiger partial charge in [-0.3, -0.25) is 24.7 Å². The summed E-state index contributed by atoms with van der Waals surface area (Å²) < 4.78 is 0. The minimum Gasteiger partial charge on any atom is -0.329 e. The lowest BCUT2D eigenvalue weighted by Crippen LogP contribution is -2.37. The molecule has 158 valence electrons. The van der Waals surface area contributed by atoms with Gasteiger partial charge in [-0.05, 0) is 44.7 Å². The van der Waals surface area contributed by atoms with Crippen LogP contribution in [0.4, 0.5) is 5.82 Å². The van der Waals surface area contributed by atoms with E-state index in [-0.39, 0.29) is 23.6 Å². The highest BCUT2D eigenvalue weighted by atomic mass is 32.1. The molecule has 2 fully saturated rings. The zero-order chi connectivity index (χ0) is 21.3. The number of nitrogens with two attached hydrogens (primary N) is 1. The van der Waals surface area contributed by atoms with Crippen molar-refractivity contribution >= 4 is 34.9 Å². The number of carbonyl (C=O) groups is 3. The number of pyridine rings is 1. The lowest BCUT2D eigenvalue weighted by molar-refractivity contribution is -0.119. The van der Waals surface area contributed by atoms with Crippen LogP contribution < -0.4 is 16.2 Å². The SMILES string of the molecule is Cc1csc(C2CCCN2C(=O)c2cc(C(=O)NN)nc(N3CCCCC3=O)c2)n1. The predicted molar refractivity (Wildman–Crippen MR) is 112 cm³/mol.